The number of hydrogen-bond donors (Lipinski definition) is 3. The molecule has 4 heterocycles. The number of aromatic nitrogens is 3. The van der Waals surface area contributed by atoms with Gasteiger partial charge in [-0.2, -0.15) is 23.5 Å². The van der Waals surface area contributed by atoms with Crippen LogP contribution >= 0.6 is 0 Å². The molecule has 0 saturated carbocycles. The number of amides is 1. The number of pyridine rings is 2. The number of aliphatic carboxylic acids is 1. The molecule has 3 aromatic heterocycles. The molecule has 0 bridgehead atoms. The third kappa shape index (κ3) is 7.86. The van der Waals surface area contributed by atoms with Crippen LogP contribution in [-0.4, -0.2) is 97.9 Å². The molecule has 1 aliphatic rings. The van der Waals surface area contributed by atoms with Gasteiger partial charge in [-0.05, 0) is 31.0 Å². The first-order valence-electron chi connectivity index (χ1n) is 12.9. The Hall–Kier alpha value is -4.42. The first-order valence-corrected chi connectivity index (χ1v) is 12.9. The van der Waals surface area contributed by atoms with Gasteiger partial charge < -0.3 is 29.9 Å². The SMILES string of the molecule is CC(O)COc1cc(-c2ccc(N3CCN(C(=O)C(O)C(C)C)CC3)nc2)c2c(C#N)cnn2c1.O=C(O)C(F)(F)F. The molecule has 1 aliphatic heterocycles. The third-order valence-electron chi connectivity index (χ3n) is 6.30. The Bertz CT molecular complexity index is 1430. The largest absolute Gasteiger partial charge is 0.490 e. The van der Waals surface area contributed by atoms with Gasteiger partial charge in [-0.3, -0.25) is 4.79 Å². The molecule has 0 spiro atoms. The average molecular weight is 593 g/mol. The molecular weight excluding hydrogens is 561 g/mol. The maximum Gasteiger partial charge on any atom is 0.490 e. The molecule has 1 fully saturated rings. The molecule has 0 aromatic carbocycles. The van der Waals surface area contributed by atoms with E-state index < -0.39 is 24.4 Å². The number of nitriles is 1. The minimum atomic E-state index is -5.08. The van der Waals surface area contributed by atoms with Crippen LogP contribution in [0.1, 0.15) is 26.3 Å². The first-order chi connectivity index (χ1) is 19.7. The van der Waals surface area contributed by atoms with Crippen LogP contribution in [0.2, 0.25) is 0 Å². The standard InChI is InChI=1S/C25H30N6O4.C2HF3O2/c1-16(2)24(33)25(34)30-8-6-29(7-9-30)22-5-4-18(12-27-22)21-10-20(35-15-17(3)32)14-31-23(21)19(11-26)13-28-31;3-2(4,5)1(6)7/h4-5,10,12-14,16-17,24,32-33H,6-9,15H2,1-3H3;(H,6,7). The van der Waals surface area contributed by atoms with Gasteiger partial charge in [0.2, 0.25) is 0 Å². The average Bonchev–Trinajstić information content (AvgIpc) is 3.38. The first kappa shape index (κ1) is 32.1. The highest BCUT2D eigenvalue weighted by atomic mass is 19.4. The van der Waals surface area contributed by atoms with Crippen molar-refractivity contribution >= 4 is 23.2 Å². The number of ether oxygens (including phenoxy) is 1. The second-order valence-electron chi connectivity index (χ2n) is 9.92. The van der Waals surface area contributed by atoms with Gasteiger partial charge in [-0.15, -0.1) is 0 Å². The number of rotatable bonds is 7. The van der Waals surface area contributed by atoms with Crippen LogP contribution in [0.15, 0.2) is 36.8 Å². The van der Waals surface area contributed by atoms with Crippen LogP contribution in [-0.2, 0) is 9.59 Å². The minimum absolute atomic E-state index is 0.116. The summed E-state index contributed by atoms with van der Waals surface area (Å²) in [6.45, 7) is 7.73. The molecular formula is C27H31F3N6O6. The summed E-state index contributed by atoms with van der Waals surface area (Å²) in [6, 6.07) is 7.85. The van der Waals surface area contributed by atoms with Crippen molar-refractivity contribution < 1.29 is 42.8 Å². The summed E-state index contributed by atoms with van der Waals surface area (Å²) in [5, 5.41) is 40.6. The highest BCUT2D eigenvalue weighted by Gasteiger charge is 2.38. The Balaban J connectivity index is 0.000000616. The number of aliphatic hydroxyl groups excluding tert-OH is 2. The van der Waals surface area contributed by atoms with Crippen LogP contribution in [0.4, 0.5) is 19.0 Å². The molecule has 15 heteroatoms. The fraction of sp³-hybridized carbons (Fsp3) is 0.444. The van der Waals surface area contributed by atoms with Crippen molar-refractivity contribution in [3.05, 3.63) is 42.4 Å². The molecule has 1 amide bonds. The van der Waals surface area contributed by atoms with Crippen LogP contribution in [0.25, 0.3) is 16.6 Å². The second kappa shape index (κ2) is 13.5. The molecule has 2 atom stereocenters. The number of hydrogen-bond acceptors (Lipinski definition) is 9. The van der Waals surface area contributed by atoms with Gasteiger partial charge in [0.15, 0.2) is 0 Å². The van der Waals surface area contributed by atoms with Crippen LogP contribution in [0.5, 0.6) is 5.75 Å². The van der Waals surface area contributed by atoms with Gasteiger partial charge in [-0.25, -0.2) is 14.3 Å². The van der Waals surface area contributed by atoms with E-state index >= 15 is 0 Å². The quantitative estimate of drug-likeness (QED) is 0.371. The van der Waals surface area contributed by atoms with E-state index in [1.807, 2.05) is 32.0 Å². The van der Waals surface area contributed by atoms with E-state index in [1.54, 1.807) is 28.7 Å². The van der Waals surface area contributed by atoms with E-state index in [0.29, 0.717) is 43.0 Å². The van der Waals surface area contributed by atoms with Crippen LogP contribution < -0.4 is 9.64 Å². The number of carboxylic acids is 1. The lowest BCUT2D eigenvalue weighted by molar-refractivity contribution is -0.192. The molecule has 0 radical (unpaired) electrons. The summed E-state index contributed by atoms with van der Waals surface area (Å²) in [4.78, 5) is 29.8. The lowest BCUT2D eigenvalue weighted by Crippen LogP contribution is -2.52. The van der Waals surface area contributed by atoms with Crippen molar-refractivity contribution in [1.82, 2.24) is 19.5 Å². The highest BCUT2D eigenvalue weighted by molar-refractivity contribution is 5.85. The van der Waals surface area contributed by atoms with Crippen molar-refractivity contribution in [3.8, 4) is 22.9 Å². The van der Waals surface area contributed by atoms with Gasteiger partial charge in [0, 0.05) is 43.5 Å². The summed E-state index contributed by atoms with van der Waals surface area (Å²) in [6.07, 6.45) is -1.74. The molecule has 2 unspecified atom stereocenters. The summed E-state index contributed by atoms with van der Waals surface area (Å²) in [5.41, 5.74) is 2.64. The zero-order chi connectivity index (χ0) is 31.2. The zero-order valence-electron chi connectivity index (χ0n) is 23.1. The molecule has 0 aliphatic carbocycles. The normalized spacial score (nSPS) is 15.0. The smallest absolute Gasteiger partial charge is 0.489 e. The number of carbonyl (C=O) groups excluding carboxylic acids is 1. The lowest BCUT2D eigenvalue weighted by Gasteiger charge is -2.36. The van der Waals surface area contributed by atoms with Gasteiger partial charge in [0.05, 0.1) is 29.6 Å². The predicted octanol–water partition coefficient (Wildman–Crippen LogP) is 2.33. The number of aliphatic hydroxyl groups is 2. The van der Waals surface area contributed by atoms with E-state index in [0.717, 1.165) is 16.9 Å². The molecule has 42 heavy (non-hydrogen) atoms. The van der Waals surface area contributed by atoms with E-state index in [2.05, 4.69) is 21.1 Å². The molecule has 1 saturated heterocycles. The fourth-order valence-corrected chi connectivity index (χ4v) is 4.06. The maximum atomic E-state index is 12.4. The van der Waals surface area contributed by atoms with Gasteiger partial charge in [-0.1, -0.05) is 13.8 Å². The number of piperazine rings is 1. The summed E-state index contributed by atoms with van der Waals surface area (Å²) >= 11 is 0. The zero-order valence-corrected chi connectivity index (χ0v) is 23.1. The topological polar surface area (TPSA) is 165 Å². The minimum Gasteiger partial charge on any atom is -0.489 e. The number of carboxylic acid groups (broad SMARTS) is 1. The van der Waals surface area contributed by atoms with E-state index in [9.17, 15) is 33.4 Å². The van der Waals surface area contributed by atoms with Crippen molar-refractivity contribution in [2.75, 3.05) is 37.7 Å². The predicted molar refractivity (Wildman–Crippen MR) is 144 cm³/mol. The van der Waals surface area contributed by atoms with E-state index in [-0.39, 0.29) is 18.4 Å². The van der Waals surface area contributed by atoms with Gasteiger partial charge >= 0.3 is 12.1 Å². The Kier molecular flexibility index (Phi) is 10.3. The van der Waals surface area contributed by atoms with Gasteiger partial charge in [0.25, 0.3) is 5.91 Å². The number of anilines is 1. The summed E-state index contributed by atoms with van der Waals surface area (Å²) in [5.74, 6) is -1.79. The van der Waals surface area contributed by atoms with E-state index in [1.165, 1.54) is 6.20 Å². The number of nitrogens with zero attached hydrogens (tertiary/aromatic N) is 6. The van der Waals surface area contributed by atoms with Crippen molar-refractivity contribution in [2.24, 2.45) is 5.92 Å². The van der Waals surface area contributed by atoms with Crippen molar-refractivity contribution in [1.29, 1.82) is 5.26 Å². The monoisotopic (exact) mass is 592 g/mol. The molecule has 4 rings (SSSR count). The lowest BCUT2D eigenvalue weighted by atomic mass is 10.0. The molecule has 3 aromatic rings. The Morgan fingerprint density at radius 2 is 1.76 bits per heavy atom. The molecule has 226 valence electrons. The van der Waals surface area contributed by atoms with Crippen LogP contribution in [0.3, 0.4) is 0 Å². The highest BCUT2D eigenvalue weighted by Crippen LogP contribution is 2.31. The Labute approximate surface area is 239 Å². The second-order valence-corrected chi connectivity index (χ2v) is 9.92. The molecule has 12 nitrogen and oxygen atoms in total. The number of halogens is 3. The Morgan fingerprint density at radius 3 is 2.26 bits per heavy atom. The fourth-order valence-electron chi connectivity index (χ4n) is 4.06. The van der Waals surface area contributed by atoms with Crippen molar-refractivity contribution in [3.63, 3.8) is 0 Å². The Morgan fingerprint density at radius 1 is 1.12 bits per heavy atom. The number of carbonyl (C=O) groups is 2. The summed E-state index contributed by atoms with van der Waals surface area (Å²) in [7, 11) is 0. The van der Waals surface area contributed by atoms with Crippen LogP contribution in [0, 0.1) is 17.2 Å². The molecule has 3 N–H and O–H groups in total. The summed E-state index contributed by atoms with van der Waals surface area (Å²) < 4.78 is 39.0. The maximum absolute atomic E-state index is 12.4. The number of fused-ring (bicyclic) bond motifs is 1. The van der Waals surface area contributed by atoms with Crippen molar-refractivity contribution in [2.45, 2.75) is 39.2 Å². The van der Waals surface area contributed by atoms with E-state index in [4.69, 9.17) is 14.6 Å². The third-order valence-corrected chi connectivity index (χ3v) is 6.30. The van der Waals surface area contributed by atoms with Gasteiger partial charge in [0.1, 0.15) is 30.3 Å². The number of alkyl halides is 3.